The van der Waals surface area contributed by atoms with E-state index < -0.39 is 12.1 Å². The van der Waals surface area contributed by atoms with Gasteiger partial charge in [-0.3, -0.25) is 14.3 Å². The molecule has 7 heteroatoms. The van der Waals surface area contributed by atoms with E-state index in [0.29, 0.717) is 5.69 Å². The second-order valence-electron chi connectivity index (χ2n) is 5.10. The van der Waals surface area contributed by atoms with E-state index in [4.69, 9.17) is 4.74 Å². The summed E-state index contributed by atoms with van der Waals surface area (Å²) in [5.74, 6) is -0.779. The van der Waals surface area contributed by atoms with Crippen LogP contribution in [-0.4, -0.2) is 27.8 Å². The largest absolute Gasteiger partial charge is 0.452 e. The minimum Gasteiger partial charge on any atom is -0.452 e. The normalized spacial score (nSPS) is 12.0. The first kappa shape index (κ1) is 16.2. The van der Waals surface area contributed by atoms with Crippen molar-refractivity contribution in [3.05, 3.63) is 33.8 Å². The third-order valence-corrected chi connectivity index (χ3v) is 4.10. The van der Waals surface area contributed by atoms with Crippen LogP contribution in [0.3, 0.4) is 0 Å². The Kier molecular flexibility index (Phi) is 4.97. The Hall–Kier alpha value is -2.15. The number of carbonyl (C=O) groups excluding carboxylic acids is 2. The van der Waals surface area contributed by atoms with E-state index in [0.717, 1.165) is 17.0 Å². The van der Waals surface area contributed by atoms with Gasteiger partial charge in [-0.1, -0.05) is 0 Å². The number of ether oxygens (including phenoxy) is 1. The first-order valence-electron chi connectivity index (χ1n) is 6.90. The number of nitrogens with one attached hydrogen (secondary N) is 1. The molecular formula is C15H19N3O3S. The Bertz CT molecular complexity index is 677. The average Bonchev–Trinajstić information content (AvgIpc) is 3.02. The van der Waals surface area contributed by atoms with Gasteiger partial charge in [0.15, 0.2) is 6.10 Å². The SMILES string of the molecule is Cc1nn(C)c(C)c1NC(=O)[C@@H](C)OC(=O)Cc1ccsc1. The van der Waals surface area contributed by atoms with Crippen LogP contribution in [0.2, 0.25) is 0 Å². The summed E-state index contributed by atoms with van der Waals surface area (Å²) in [4.78, 5) is 23.9. The summed E-state index contributed by atoms with van der Waals surface area (Å²) >= 11 is 1.52. The lowest BCUT2D eigenvalue weighted by Crippen LogP contribution is -2.30. The smallest absolute Gasteiger partial charge is 0.311 e. The Morgan fingerprint density at radius 1 is 1.45 bits per heavy atom. The van der Waals surface area contributed by atoms with Gasteiger partial charge in [0.05, 0.1) is 23.5 Å². The van der Waals surface area contributed by atoms with Gasteiger partial charge in [-0.05, 0) is 43.2 Å². The van der Waals surface area contributed by atoms with Crippen molar-refractivity contribution in [2.75, 3.05) is 5.32 Å². The van der Waals surface area contributed by atoms with Crippen LogP contribution >= 0.6 is 11.3 Å². The molecule has 0 aromatic carbocycles. The number of esters is 1. The molecule has 1 N–H and O–H groups in total. The standard InChI is InChI=1S/C15H19N3O3S/c1-9-14(10(2)18(4)17-9)16-15(20)11(3)21-13(19)7-12-5-6-22-8-12/h5-6,8,11H,7H2,1-4H3,(H,16,20)/t11-/m1/s1. The quantitative estimate of drug-likeness (QED) is 0.857. The van der Waals surface area contributed by atoms with Gasteiger partial charge in [-0.25, -0.2) is 0 Å². The summed E-state index contributed by atoms with van der Waals surface area (Å²) in [6.07, 6.45) is -0.684. The molecule has 0 spiro atoms. The average molecular weight is 321 g/mol. The predicted molar refractivity (Wildman–Crippen MR) is 84.9 cm³/mol. The molecule has 118 valence electrons. The molecule has 1 amide bonds. The topological polar surface area (TPSA) is 73.2 Å². The lowest BCUT2D eigenvalue weighted by atomic mass is 10.2. The summed E-state index contributed by atoms with van der Waals surface area (Å²) in [5.41, 5.74) is 3.13. The van der Waals surface area contributed by atoms with Gasteiger partial charge in [-0.15, -0.1) is 0 Å². The number of thiophene rings is 1. The van der Waals surface area contributed by atoms with Gasteiger partial charge in [0, 0.05) is 7.05 Å². The fraction of sp³-hybridized carbons (Fsp3) is 0.400. The minimum absolute atomic E-state index is 0.173. The molecule has 2 heterocycles. The van der Waals surface area contributed by atoms with Gasteiger partial charge in [0.1, 0.15) is 0 Å². The highest BCUT2D eigenvalue weighted by Crippen LogP contribution is 2.18. The van der Waals surface area contributed by atoms with Crippen molar-refractivity contribution >= 4 is 28.9 Å². The Balaban J connectivity index is 1.93. The first-order chi connectivity index (χ1) is 10.4. The van der Waals surface area contributed by atoms with Crippen molar-refractivity contribution in [2.45, 2.75) is 33.3 Å². The number of rotatable bonds is 5. The van der Waals surface area contributed by atoms with Crippen LogP contribution in [0.15, 0.2) is 16.8 Å². The molecule has 0 bridgehead atoms. The van der Waals surface area contributed by atoms with E-state index in [-0.39, 0.29) is 12.3 Å². The summed E-state index contributed by atoms with van der Waals surface area (Å²) in [7, 11) is 1.81. The highest BCUT2D eigenvalue weighted by molar-refractivity contribution is 7.07. The van der Waals surface area contributed by atoms with Gasteiger partial charge < -0.3 is 10.1 Å². The van der Waals surface area contributed by atoms with E-state index in [1.165, 1.54) is 11.3 Å². The van der Waals surface area contributed by atoms with Crippen molar-refractivity contribution in [3.8, 4) is 0 Å². The zero-order chi connectivity index (χ0) is 16.3. The van der Waals surface area contributed by atoms with E-state index in [1.54, 1.807) is 11.6 Å². The number of amides is 1. The molecule has 0 fully saturated rings. The molecule has 0 unspecified atom stereocenters. The lowest BCUT2D eigenvalue weighted by molar-refractivity contribution is -0.152. The van der Waals surface area contributed by atoms with Crippen molar-refractivity contribution in [3.63, 3.8) is 0 Å². The Morgan fingerprint density at radius 2 is 2.18 bits per heavy atom. The van der Waals surface area contributed by atoms with Crippen molar-refractivity contribution in [1.82, 2.24) is 9.78 Å². The van der Waals surface area contributed by atoms with Gasteiger partial charge >= 0.3 is 5.97 Å². The number of anilines is 1. The third-order valence-electron chi connectivity index (χ3n) is 3.36. The minimum atomic E-state index is -0.856. The fourth-order valence-corrected chi connectivity index (χ4v) is 2.70. The molecule has 0 saturated heterocycles. The van der Waals surface area contributed by atoms with Crippen LogP contribution in [0.25, 0.3) is 0 Å². The van der Waals surface area contributed by atoms with Crippen LogP contribution < -0.4 is 5.32 Å². The van der Waals surface area contributed by atoms with E-state index in [1.807, 2.05) is 37.7 Å². The highest BCUT2D eigenvalue weighted by Gasteiger charge is 2.21. The Morgan fingerprint density at radius 3 is 2.73 bits per heavy atom. The highest BCUT2D eigenvalue weighted by atomic mass is 32.1. The van der Waals surface area contributed by atoms with Crippen molar-refractivity contribution in [2.24, 2.45) is 7.05 Å². The lowest BCUT2D eigenvalue weighted by Gasteiger charge is -2.13. The number of nitrogens with zero attached hydrogens (tertiary/aromatic N) is 2. The summed E-state index contributed by atoms with van der Waals surface area (Å²) in [5, 5.41) is 10.8. The Labute approximate surface area is 133 Å². The van der Waals surface area contributed by atoms with Crippen molar-refractivity contribution in [1.29, 1.82) is 0 Å². The van der Waals surface area contributed by atoms with E-state index in [9.17, 15) is 9.59 Å². The van der Waals surface area contributed by atoms with Crippen LogP contribution in [0.1, 0.15) is 23.9 Å². The summed E-state index contributed by atoms with van der Waals surface area (Å²) < 4.78 is 6.86. The zero-order valence-corrected chi connectivity index (χ0v) is 13.9. The molecule has 0 aliphatic heterocycles. The molecule has 0 saturated carbocycles. The maximum atomic E-state index is 12.1. The molecule has 1 atom stereocenters. The van der Waals surface area contributed by atoms with Crippen LogP contribution in [0.5, 0.6) is 0 Å². The van der Waals surface area contributed by atoms with Crippen molar-refractivity contribution < 1.29 is 14.3 Å². The molecule has 22 heavy (non-hydrogen) atoms. The molecule has 0 radical (unpaired) electrons. The van der Waals surface area contributed by atoms with Gasteiger partial charge in [-0.2, -0.15) is 16.4 Å². The summed E-state index contributed by atoms with van der Waals surface area (Å²) in [6, 6.07) is 1.86. The van der Waals surface area contributed by atoms with Crippen LogP contribution in [0.4, 0.5) is 5.69 Å². The molecule has 2 aromatic heterocycles. The monoisotopic (exact) mass is 321 g/mol. The first-order valence-corrected chi connectivity index (χ1v) is 7.84. The number of aryl methyl sites for hydroxylation is 2. The number of carbonyl (C=O) groups is 2. The maximum absolute atomic E-state index is 12.1. The third kappa shape index (κ3) is 3.73. The van der Waals surface area contributed by atoms with E-state index in [2.05, 4.69) is 10.4 Å². The molecule has 2 rings (SSSR count). The second kappa shape index (κ2) is 6.74. The van der Waals surface area contributed by atoms with Gasteiger partial charge in [0.2, 0.25) is 0 Å². The fourth-order valence-electron chi connectivity index (χ4n) is 2.03. The predicted octanol–water partition coefficient (Wildman–Crippen LogP) is 2.21. The number of aromatic nitrogens is 2. The molecule has 6 nitrogen and oxygen atoms in total. The maximum Gasteiger partial charge on any atom is 0.311 e. The number of hydrogen-bond acceptors (Lipinski definition) is 5. The van der Waals surface area contributed by atoms with Gasteiger partial charge in [0.25, 0.3) is 5.91 Å². The molecule has 0 aliphatic carbocycles. The summed E-state index contributed by atoms with van der Waals surface area (Å²) in [6.45, 7) is 5.24. The molecule has 0 aliphatic rings. The van der Waals surface area contributed by atoms with Crippen LogP contribution in [-0.2, 0) is 27.8 Å². The zero-order valence-electron chi connectivity index (χ0n) is 13.0. The van der Waals surface area contributed by atoms with Crippen LogP contribution in [0, 0.1) is 13.8 Å². The molecule has 2 aromatic rings. The van der Waals surface area contributed by atoms with E-state index >= 15 is 0 Å². The number of hydrogen-bond donors (Lipinski definition) is 1. The second-order valence-corrected chi connectivity index (χ2v) is 5.88. The molecular weight excluding hydrogens is 302 g/mol.